The molecular formula is C15H26N2O2. The highest BCUT2D eigenvalue weighted by Gasteiger charge is 2.45. The SMILES string of the molecule is CC1CC(N)CC(C(=O)N2C3CCC2CC(O)C3)C1. The number of amides is 1. The van der Waals surface area contributed by atoms with Crippen LogP contribution in [0.2, 0.25) is 0 Å². The van der Waals surface area contributed by atoms with Crippen molar-refractivity contribution in [3.63, 3.8) is 0 Å². The van der Waals surface area contributed by atoms with Crippen LogP contribution in [0.3, 0.4) is 0 Å². The molecule has 3 fully saturated rings. The van der Waals surface area contributed by atoms with Gasteiger partial charge in [0.15, 0.2) is 0 Å². The second-order valence-corrected chi connectivity index (χ2v) is 7.03. The molecule has 0 aromatic carbocycles. The van der Waals surface area contributed by atoms with Crippen molar-refractivity contribution < 1.29 is 9.90 Å². The van der Waals surface area contributed by atoms with Crippen molar-refractivity contribution in [2.75, 3.05) is 0 Å². The zero-order valence-electron chi connectivity index (χ0n) is 11.8. The molecule has 0 spiro atoms. The van der Waals surface area contributed by atoms with Crippen LogP contribution in [-0.4, -0.2) is 40.1 Å². The maximum Gasteiger partial charge on any atom is 0.226 e. The third kappa shape index (κ3) is 2.52. The second-order valence-electron chi connectivity index (χ2n) is 7.03. The lowest BCUT2D eigenvalue weighted by Gasteiger charge is -2.41. The fourth-order valence-corrected chi connectivity index (χ4v) is 4.58. The maximum absolute atomic E-state index is 12.8. The number of nitrogens with zero attached hydrogens (tertiary/aromatic N) is 1. The van der Waals surface area contributed by atoms with Gasteiger partial charge in [-0.05, 0) is 50.9 Å². The number of aliphatic hydroxyl groups excluding tert-OH is 1. The van der Waals surface area contributed by atoms with Crippen LogP contribution in [0.25, 0.3) is 0 Å². The molecule has 5 unspecified atom stereocenters. The van der Waals surface area contributed by atoms with Crippen molar-refractivity contribution in [2.45, 2.75) is 76.1 Å². The summed E-state index contributed by atoms with van der Waals surface area (Å²) >= 11 is 0. The van der Waals surface area contributed by atoms with Gasteiger partial charge in [0.2, 0.25) is 5.91 Å². The molecule has 0 aromatic rings. The number of carbonyl (C=O) groups excluding carboxylic acids is 1. The van der Waals surface area contributed by atoms with E-state index in [-0.39, 0.29) is 30.1 Å². The van der Waals surface area contributed by atoms with Gasteiger partial charge in [-0.2, -0.15) is 0 Å². The zero-order valence-corrected chi connectivity index (χ0v) is 11.8. The van der Waals surface area contributed by atoms with Crippen LogP contribution in [0.4, 0.5) is 0 Å². The number of nitrogens with two attached hydrogens (primary N) is 1. The largest absolute Gasteiger partial charge is 0.393 e. The summed E-state index contributed by atoms with van der Waals surface area (Å²) in [6, 6.07) is 0.759. The molecule has 4 nitrogen and oxygen atoms in total. The van der Waals surface area contributed by atoms with Gasteiger partial charge in [0.1, 0.15) is 0 Å². The van der Waals surface area contributed by atoms with E-state index in [2.05, 4.69) is 11.8 Å². The van der Waals surface area contributed by atoms with Crippen molar-refractivity contribution in [3.05, 3.63) is 0 Å². The number of fused-ring (bicyclic) bond motifs is 2. The average Bonchev–Trinajstić information content (AvgIpc) is 2.59. The first kappa shape index (κ1) is 13.4. The molecule has 3 rings (SSSR count). The monoisotopic (exact) mass is 266 g/mol. The van der Waals surface area contributed by atoms with E-state index in [0.29, 0.717) is 11.8 Å². The topological polar surface area (TPSA) is 66.6 Å². The Balaban J connectivity index is 1.70. The Morgan fingerprint density at radius 1 is 1.11 bits per heavy atom. The third-order valence-corrected chi connectivity index (χ3v) is 5.29. The lowest BCUT2D eigenvalue weighted by Crippen LogP contribution is -2.51. The van der Waals surface area contributed by atoms with E-state index >= 15 is 0 Å². The van der Waals surface area contributed by atoms with Gasteiger partial charge in [0.05, 0.1) is 6.10 Å². The van der Waals surface area contributed by atoms with E-state index in [4.69, 9.17) is 5.73 Å². The molecule has 5 atom stereocenters. The number of hydrogen-bond donors (Lipinski definition) is 2. The van der Waals surface area contributed by atoms with Gasteiger partial charge in [0, 0.05) is 24.0 Å². The van der Waals surface area contributed by atoms with Gasteiger partial charge >= 0.3 is 0 Å². The Labute approximate surface area is 115 Å². The Morgan fingerprint density at radius 2 is 1.74 bits per heavy atom. The molecule has 108 valence electrons. The first-order chi connectivity index (χ1) is 9.04. The average molecular weight is 266 g/mol. The highest BCUT2D eigenvalue weighted by Crippen LogP contribution is 2.39. The van der Waals surface area contributed by atoms with Gasteiger partial charge in [-0.1, -0.05) is 6.92 Å². The van der Waals surface area contributed by atoms with E-state index in [9.17, 15) is 9.90 Å². The molecule has 3 N–H and O–H groups in total. The van der Waals surface area contributed by atoms with E-state index < -0.39 is 0 Å². The lowest BCUT2D eigenvalue weighted by atomic mass is 9.78. The predicted molar refractivity (Wildman–Crippen MR) is 73.4 cm³/mol. The molecule has 1 aliphatic carbocycles. The van der Waals surface area contributed by atoms with Gasteiger partial charge in [-0.3, -0.25) is 4.79 Å². The summed E-state index contributed by atoms with van der Waals surface area (Å²) in [6.07, 6.45) is 6.38. The molecule has 2 aliphatic heterocycles. The van der Waals surface area contributed by atoms with Crippen molar-refractivity contribution in [1.29, 1.82) is 0 Å². The van der Waals surface area contributed by atoms with Gasteiger partial charge < -0.3 is 15.7 Å². The molecule has 1 saturated carbocycles. The fourth-order valence-electron chi connectivity index (χ4n) is 4.58. The summed E-state index contributed by atoms with van der Waals surface area (Å²) in [5.74, 6) is 1.00. The maximum atomic E-state index is 12.8. The van der Waals surface area contributed by atoms with E-state index in [1.807, 2.05) is 0 Å². The number of aliphatic hydroxyl groups is 1. The van der Waals surface area contributed by atoms with Gasteiger partial charge in [-0.15, -0.1) is 0 Å². The minimum Gasteiger partial charge on any atom is -0.393 e. The Hall–Kier alpha value is -0.610. The van der Waals surface area contributed by atoms with E-state index in [0.717, 1.165) is 44.9 Å². The molecule has 1 amide bonds. The quantitative estimate of drug-likeness (QED) is 0.751. The van der Waals surface area contributed by atoms with Gasteiger partial charge in [-0.25, -0.2) is 0 Å². The smallest absolute Gasteiger partial charge is 0.226 e. The molecule has 4 heteroatoms. The molecule has 19 heavy (non-hydrogen) atoms. The van der Waals surface area contributed by atoms with Crippen LogP contribution in [0.1, 0.15) is 51.9 Å². The second kappa shape index (κ2) is 5.06. The van der Waals surface area contributed by atoms with Crippen LogP contribution in [0.5, 0.6) is 0 Å². The van der Waals surface area contributed by atoms with E-state index in [1.54, 1.807) is 0 Å². The lowest BCUT2D eigenvalue weighted by molar-refractivity contribution is -0.143. The Morgan fingerprint density at radius 3 is 2.32 bits per heavy atom. The van der Waals surface area contributed by atoms with Crippen LogP contribution >= 0.6 is 0 Å². The molecule has 2 heterocycles. The molecule has 0 radical (unpaired) electrons. The van der Waals surface area contributed by atoms with Crippen LogP contribution in [0.15, 0.2) is 0 Å². The number of piperidine rings is 1. The predicted octanol–water partition coefficient (Wildman–Crippen LogP) is 1.26. The highest BCUT2D eigenvalue weighted by atomic mass is 16.3. The summed E-state index contributed by atoms with van der Waals surface area (Å²) in [4.78, 5) is 14.9. The zero-order chi connectivity index (χ0) is 13.6. The Kier molecular flexibility index (Phi) is 3.56. The molecule has 0 aromatic heterocycles. The van der Waals surface area contributed by atoms with Crippen LogP contribution < -0.4 is 5.73 Å². The van der Waals surface area contributed by atoms with Crippen LogP contribution in [0, 0.1) is 11.8 Å². The number of hydrogen-bond acceptors (Lipinski definition) is 3. The summed E-state index contributed by atoms with van der Waals surface area (Å²) in [7, 11) is 0. The minimum absolute atomic E-state index is 0.122. The summed E-state index contributed by atoms with van der Waals surface area (Å²) in [5.41, 5.74) is 6.08. The third-order valence-electron chi connectivity index (χ3n) is 5.29. The molecular weight excluding hydrogens is 240 g/mol. The van der Waals surface area contributed by atoms with Crippen molar-refractivity contribution in [2.24, 2.45) is 17.6 Å². The summed E-state index contributed by atoms with van der Waals surface area (Å²) in [5, 5.41) is 9.83. The first-order valence-electron chi connectivity index (χ1n) is 7.80. The number of rotatable bonds is 1. The molecule has 2 saturated heterocycles. The highest BCUT2D eigenvalue weighted by molar-refractivity contribution is 5.80. The standard InChI is InChI=1S/C15H26N2O2/c1-9-4-10(6-11(16)5-9)15(19)17-12-2-3-13(17)8-14(18)7-12/h9-14,18H,2-8,16H2,1H3. The van der Waals surface area contributed by atoms with Gasteiger partial charge in [0.25, 0.3) is 0 Å². The Bertz CT molecular complexity index is 336. The van der Waals surface area contributed by atoms with Crippen molar-refractivity contribution >= 4 is 5.91 Å². The molecule has 2 bridgehead atoms. The van der Waals surface area contributed by atoms with Crippen molar-refractivity contribution in [1.82, 2.24) is 4.90 Å². The summed E-state index contributed by atoms with van der Waals surface area (Å²) in [6.45, 7) is 2.20. The fraction of sp³-hybridized carbons (Fsp3) is 0.933. The van der Waals surface area contributed by atoms with E-state index in [1.165, 1.54) is 0 Å². The normalized spacial score (nSPS) is 46.4. The van der Waals surface area contributed by atoms with Crippen LogP contribution in [-0.2, 0) is 4.79 Å². The van der Waals surface area contributed by atoms with Crippen molar-refractivity contribution in [3.8, 4) is 0 Å². The first-order valence-corrected chi connectivity index (χ1v) is 7.80. The number of carbonyl (C=O) groups is 1. The molecule has 3 aliphatic rings. The summed E-state index contributed by atoms with van der Waals surface area (Å²) < 4.78 is 0. The minimum atomic E-state index is -0.200.